The summed E-state index contributed by atoms with van der Waals surface area (Å²) in [5, 5.41) is 18.3. The molecule has 1 aromatic heterocycles. The fourth-order valence-electron chi connectivity index (χ4n) is 1.90. The summed E-state index contributed by atoms with van der Waals surface area (Å²) in [4.78, 5) is 4.11. The Kier molecular flexibility index (Phi) is 2.69. The van der Waals surface area contributed by atoms with E-state index in [4.69, 9.17) is 14.7 Å². The highest BCUT2D eigenvalue weighted by molar-refractivity contribution is 5.66. The largest absolute Gasteiger partial charge is 0.505 e. The van der Waals surface area contributed by atoms with Gasteiger partial charge in [0.05, 0.1) is 17.5 Å². The number of rotatable bonds is 1. The lowest BCUT2D eigenvalue weighted by Gasteiger charge is -2.18. The topological polar surface area (TPSA) is 75.4 Å². The van der Waals surface area contributed by atoms with Crippen LogP contribution >= 0.6 is 0 Å². The molecule has 2 aromatic rings. The third-order valence-electron chi connectivity index (χ3n) is 2.84. The monoisotopic (exact) mass is 254 g/mol. The molecule has 0 saturated carbocycles. The molecule has 0 saturated heterocycles. The smallest absolute Gasteiger partial charge is 0.162 e. The van der Waals surface area contributed by atoms with Gasteiger partial charge in [0.2, 0.25) is 0 Å². The zero-order valence-electron chi connectivity index (χ0n) is 9.96. The van der Waals surface area contributed by atoms with Crippen molar-refractivity contribution in [1.82, 2.24) is 4.98 Å². The van der Waals surface area contributed by atoms with Gasteiger partial charge in [0.1, 0.15) is 19.3 Å². The average molecular weight is 254 g/mol. The summed E-state index contributed by atoms with van der Waals surface area (Å²) < 4.78 is 10.9. The molecule has 0 radical (unpaired) electrons. The number of ether oxygens (including phenoxy) is 2. The Balaban J connectivity index is 2.05. The van der Waals surface area contributed by atoms with E-state index in [0.717, 1.165) is 5.56 Å². The van der Waals surface area contributed by atoms with Gasteiger partial charge in [-0.3, -0.25) is 4.98 Å². The van der Waals surface area contributed by atoms with Gasteiger partial charge >= 0.3 is 0 Å². The molecule has 1 aliphatic rings. The normalized spacial score (nSPS) is 12.8. The van der Waals surface area contributed by atoms with Crippen molar-refractivity contribution in [2.75, 3.05) is 13.2 Å². The lowest BCUT2D eigenvalue weighted by atomic mass is 10.1. The number of nitrogens with zero attached hydrogens (tertiary/aromatic N) is 2. The molecule has 0 unspecified atom stereocenters. The number of hydrogen-bond acceptors (Lipinski definition) is 5. The Hall–Kier alpha value is -2.74. The summed E-state index contributed by atoms with van der Waals surface area (Å²) in [7, 11) is 0. The molecule has 1 aliphatic heterocycles. The lowest BCUT2D eigenvalue weighted by Crippen LogP contribution is -2.15. The molecule has 1 aromatic carbocycles. The van der Waals surface area contributed by atoms with Crippen LogP contribution in [0.15, 0.2) is 30.5 Å². The summed E-state index contributed by atoms with van der Waals surface area (Å²) in [6, 6.07) is 8.93. The molecule has 0 bridgehead atoms. The third-order valence-corrected chi connectivity index (χ3v) is 2.84. The van der Waals surface area contributed by atoms with Gasteiger partial charge in [-0.25, -0.2) is 0 Å². The third kappa shape index (κ3) is 2.04. The lowest BCUT2D eigenvalue weighted by molar-refractivity contribution is 0.171. The van der Waals surface area contributed by atoms with E-state index in [1.165, 1.54) is 6.20 Å². The molecule has 2 heterocycles. The van der Waals surface area contributed by atoms with Crippen molar-refractivity contribution in [3.8, 4) is 34.6 Å². The molecule has 1 N–H and O–H groups in total. The van der Waals surface area contributed by atoms with Crippen LogP contribution in [0.25, 0.3) is 11.3 Å². The second-order valence-electron chi connectivity index (χ2n) is 4.06. The Labute approximate surface area is 109 Å². The minimum Gasteiger partial charge on any atom is -0.505 e. The molecule has 0 spiro atoms. The second-order valence-corrected chi connectivity index (χ2v) is 4.06. The van der Waals surface area contributed by atoms with E-state index in [1.807, 2.05) is 24.3 Å². The first kappa shape index (κ1) is 11.4. The van der Waals surface area contributed by atoms with Crippen LogP contribution in [-0.4, -0.2) is 23.3 Å². The molecular weight excluding hydrogens is 244 g/mol. The quantitative estimate of drug-likeness (QED) is 0.843. The Bertz CT molecular complexity index is 677. The van der Waals surface area contributed by atoms with Crippen molar-refractivity contribution in [2.45, 2.75) is 0 Å². The van der Waals surface area contributed by atoms with Gasteiger partial charge in [0.25, 0.3) is 0 Å². The molecule has 94 valence electrons. The van der Waals surface area contributed by atoms with E-state index in [-0.39, 0.29) is 11.3 Å². The van der Waals surface area contributed by atoms with Crippen LogP contribution in [0.4, 0.5) is 0 Å². The molecule has 5 heteroatoms. The standard InChI is InChI=1S/C14H10N2O3/c15-7-10-5-11(16-8-12(10)17)9-1-2-13-14(6-9)19-4-3-18-13/h1-2,5-6,8,17H,3-4H2. The van der Waals surface area contributed by atoms with Gasteiger partial charge in [0.15, 0.2) is 17.2 Å². The molecule has 3 rings (SSSR count). The maximum Gasteiger partial charge on any atom is 0.162 e. The summed E-state index contributed by atoms with van der Waals surface area (Å²) in [6.07, 6.45) is 1.27. The van der Waals surface area contributed by atoms with Crippen molar-refractivity contribution >= 4 is 0 Å². The highest BCUT2D eigenvalue weighted by atomic mass is 16.6. The van der Waals surface area contributed by atoms with Crippen molar-refractivity contribution in [3.05, 3.63) is 36.0 Å². The zero-order valence-corrected chi connectivity index (χ0v) is 9.96. The SMILES string of the molecule is N#Cc1cc(-c2ccc3c(c2)OCCO3)ncc1O. The van der Waals surface area contributed by atoms with Crippen molar-refractivity contribution in [3.63, 3.8) is 0 Å². The van der Waals surface area contributed by atoms with E-state index in [9.17, 15) is 5.11 Å². The van der Waals surface area contributed by atoms with Crippen LogP contribution in [0.5, 0.6) is 17.2 Å². The number of pyridine rings is 1. The number of nitriles is 1. The van der Waals surface area contributed by atoms with E-state index in [2.05, 4.69) is 4.98 Å². The molecule has 0 fully saturated rings. The van der Waals surface area contributed by atoms with Gasteiger partial charge in [0, 0.05) is 5.56 Å². The first-order valence-electron chi connectivity index (χ1n) is 5.77. The first-order chi connectivity index (χ1) is 9.28. The fraction of sp³-hybridized carbons (Fsp3) is 0.143. The van der Waals surface area contributed by atoms with Crippen LogP contribution < -0.4 is 9.47 Å². The van der Waals surface area contributed by atoms with Gasteiger partial charge < -0.3 is 14.6 Å². The molecule has 0 atom stereocenters. The first-order valence-corrected chi connectivity index (χ1v) is 5.77. The summed E-state index contributed by atoms with van der Waals surface area (Å²) in [6.45, 7) is 1.06. The molecular formula is C14H10N2O3. The minimum absolute atomic E-state index is 0.121. The highest BCUT2D eigenvalue weighted by Crippen LogP contribution is 2.34. The van der Waals surface area contributed by atoms with Gasteiger partial charge in [-0.15, -0.1) is 0 Å². The summed E-state index contributed by atoms with van der Waals surface area (Å²) in [5.41, 5.74) is 1.60. The van der Waals surface area contributed by atoms with Gasteiger partial charge in [-0.05, 0) is 24.3 Å². The Morgan fingerprint density at radius 2 is 1.95 bits per heavy atom. The molecule has 5 nitrogen and oxygen atoms in total. The Morgan fingerprint density at radius 1 is 1.16 bits per heavy atom. The Morgan fingerprint density at radius 3 is 2.74 bits per heavy atom. The number of benzene rings is 1. The molecule has 0 aliphatic carbocycles. The van der Waals surface area contributed by atoms with Gasteiger partial charge in [-0.1, -0.05) is 0 Å². The fourth-order valence-corrected chi connectivity index (χ4v) is 1.90. The van der Waals surface area contributed by atoms with Crippen molar-refractivity contribution < 1.29 is 14.6 Å². The average Bonchev–Trinajstić information content (AvgIpc) is 2.47. The van der Waals surface area contributed by atoms with Gasteiger partial charge in [-0.2, -0.15) is 5.26 Å². The van der Waals surface area contributed by atoms with E-state index in [0.29, 0.717) is 30.4 Å². The van der Waals surface area contributed by atoms with Crippen LogP contribution in [0.1, 0.15) is 5.56 Å². The number of hydrogen-bond donors (Lipinski definition) is 1. The zero-order chi connectivity index (χ0) is 13.2. The minimum atomic E-state index is -0.121. The number of fused-ring (bicyclic) bond motifs is 1. The van der Waals surface area contributed by atoms with Crippen LogP contribution in [0.3, 0.4) is 0 Å². The number of aromatic hydroxyl groups is 1. The number of aromatic nitrogens is 1. The van der Waals surface area contributed by atoms with Crippen LogP contribution in [-0.2, 0) is 0 Å². The van der Waals surface area contributed by atoms with Crippen LogP contribution in [0, 0.1) is 11.3 Å². The van der Waals surface area contributed by atoms with E-state index in [1.54, 1.807) is 6.07 Å². The predicted molar refractivity (Wildman–Crippen MR) is 67.0 cm³/mol. The second kappa shape index (κ2) is 4.50. The highest BCUT2D eigenvalue weighted by Gasteiger charge is 2.13. The van der Waals surface area contributed by atoms with Crippen molar-refractivity contribution in [2.24, 2.45) is 0 Å². The summed E-state index contributed by atoms with van der Waals surface area (Å²) >= 11 is 0. The maximum absolute atomic E-state index is 9.44. The molecule has 0 amide bonds. The van der Waals surface area contributed by atoms with E-state index >= 15 is 0 Å². The van der Waals surface area contributed by atoms with E-state index < -0.39 is 0 Å². The maximum atomic E-state index is 9.44. The van der Waals surface area contributed by atoms with Crippen LogP contribution in [0.2, 0.25) is 0 Å². The van der Waals surface area contributed by atoms with Crippen molar-refractivity contribution in [1.29, 1.82) is 5.26 Å². The summed E-state index contributed by atoms with van der Waals surface area (Å²) in [5.74, 6) is 1.25. The molecule has 19 heavy (non-hydrogen) atoms. The predicted octanol–water partition coefficient (Wildman–Crippen LogP) is 2.10.